The van der Waals surface area contributed by atoms with Crippen LogP contribution in [0, 0.1) is 0 Å². The fourth-order valence-corrected chi connectivity index (χ4v) is 1.67. The van der Waals surface area contributed by atoms with Crippen LogP contribution in [0.4, 0.5) is 5.69 Å². The van der Waals surface area contributed by atoms with Crippen molar-refractivity contribution in [2.45, 2.75) is 26.4 Å². The van der Waals surface area contributed by atoms with Gasteiger partial charge in [-0.1, -0.05) is 6.07 Å². The number of aromatic hydroxyl groups is 1. The van der Waals surface area contributed by atoms with E-state index >= 15 is 0 Å². The zero-order valence-corrected chi connectivity index (χ0v) is 10.8. The number of nitrogen functional groups attached to an aromatic ring is 1. The highest BCUT2D eigenvalue weighted by Crippen LogP contribution is 2.21. The van der Waals surface area contributed by atoms with Gasteiger partial charge in [0.1, 0.15) is 5.75 Å². The minimum absolute atomic E-state index is 0.140. The fraction of sp³-hybridized carbons (Fsp3) is 0.538. The van der Waals surface area contributed by atoms with Crippen LogP contribution in [0.5, 0.6) is 5.75 Å². The Kier molecular flexibility index (Phi) is 5.25. The van der Waals surface area contributed by atoms with Crippen molar-refractivity contribution < 1.29 is 9.84 Å². The van der Waals surface area contributed by atoms with Gasteiger partial charge in [0, 0.05) is 26.2 Å². The molecular weight excluding hydrogens is 216 g/mol. The van der Waals surface area contributed by atoms with Gasteiger partial charge in [0.2, 0.25) is 0 Å². The van der Waals surface area contributed by atoms with E-state index in [1.807, 2.05) is 12.1 Å². The average Bonchev–Trinajstić information content (AvgIpc) is 2.28. The maximum Gasteiger partial charge on any atom is 0.138 e. The smallest absolute Gasteiger partial charge is 0.138 e. The molecule has 1 aromatic carbocycles. The summed E-state index contributed by atoms with van der Waals surface area (Å²) in [6.07, 6.45) is 0. The van der Waals surface area contributed by atoms with E-state index in [9.17, 15) is 5.11 Å². The minimum Gasteiger partial charge on any atom is -0.506 e. The first-order valence-electron chi connectivity index (χ1n) is 5.85. The van der Waals surface area contributed by atoms with Crippen molar-refractivity contribution in [2.24, 2.45) is 0 Å². The number of phenols is 1. The minimum atomic E-state index is 0.140. The highest BCUT2D eigenvalue weighted by molar-refractivity contribution is 5.53. The number of nitrogens with two attached hydrogens (primary N) is 1. The number of anilines is 1. The predicted molar refractivity (Wildman–Crippen MR) is 69.9 cm³/mol. The van der Waals surface area contributed by atoms with Crippen molar-refractivity contribution in [1.29, 1.82) is 0 Å². The van der Waals surface area contributed by atoms with Crippen molar-refractivity contribution in [3.63, 3.8) is 0 Å². The van der Waals surface area contributed by atoms with E-state index < -0.39 is 0 Å². The Morgan fingerprint density at radius 2 is 2.12 bits per heavy atom. The van der Waals surface area contributed by atoms with E-state index in [0.29, 0.717) is 18.3 Å². The van der Waals surface area contributed by atoms with Gasteiger partial charge in [-0.05, 0) is 31.5 Å². The maximum absolute atomic E-state index is 9.37. The molecule has 0 unspecified atom stereocenters. The summed E-state index contributed by atoms with van der Waals surface area (Å²) in [6, 6.07) is 5.80. The molecule has 0 aliphatic rings. The maximum atomic E-state index is 9.37. The summed E-state index contributed by atoms with van der Waals surface area (Å²) < 4.78 is 5.10. The van der Waals surface area contributed by atoms with Crippen LogP contribution in [0.15, 0.2) is 18.2 Å². The Morgan fingerprint density at radius 3 is 2.65 bits per heavy atom. The quantitative estimate of drug-likeness (QED) is 0.586. The summed E-state index contributed by atoms with van der Waals surface area (Å²) in [5.41, 5.74) is 7.21. The molecule has 0 aromatic heterocycles. The van der Waals surface area contributed by atoms with Crippen LogP contribution in [0.25, 0.3) is 0 Å². The summed E-state index contributed by atoms with van der Waals surface area (Å²) in [6.45, 7) is 6.71. The van der Waals surface area contributed by atoms with Crippen LogP contribution in [0.3, 0.4) is 0 Å². The molecule has 3 N–H and O–H groups in total. The second-order valence-electron chi connectivity index (χ2n) is 4.45. The van der Waals surface area contributed by atoms with Crippen LogP contribution in [-0.2, 0) is 11.3 Å². The Labute approximate surface area is 103 Å². The Morgan fingerprint density at radius 1 is 1.41 bits per heavy atom. The lowest BCUT2D eigenvalue weighted by atomic mass is 10.1. The van der Waals surface area contributed by atoms with Gasteiger partial charge in [-0.2, -0.15) is 0 Å². The first-order chi connectivity index (χ1) is 8.04. The topological polar surface area (TPSA) is 58.7 Å². The van der Waals surface area contributed by atoms with Crippen LogP contribution in [0.2, 0.25) is 0 Å². The molecule has 0 bridgehead atoms. The molecule has 0 amide bonds. The molecule has 1 rings (SSSR count). The van der Waals surface area contributed by atoms with Gasteiger partial charge < -0.3 is 15.6 Å². The van der Waals surface area contributed by atoms with Crippen molar-refractivity contribution in [2.75, 3.05) is 26.0 Å². The first kappa shape index (κ1) is 13.8. The lowest BCUT2D eigenvalue weighted by Crippen LogP contribution is -2.33. The van der Waals surface area contributed by atoms with Gasteiger partial charge in [-0.25, -0.2) is 0 Å². The van der Waals surface area contributed by atoms with Crippen molar-refractivity contribution in [3.8, 4) is 5.75 Å². The van der Waals surface area contributed by atoms with Crippen molar-refractivity contribution >= 4 is 5.69 Å². The molecule has 0 aliphatic carbocycles. The lowest BCUT2D eigenvalue weighted by Gasteiger charge is -2.26. The molecular formula is C13H22N2O2. The standard InChI is InChI=1S/C13H22N2O2/c1-10(2)15(6-7-17-3)9-11-4-5-13(16)12(14)8-11/h4-5,8,10,16H,6-7,9,14H2,1-3H3. The van der Waals surface area contributed by atoms with Crippen LogP contribution >= 0.6 is 0 Å². The summed E-state index contributed by atoms with van der Waals surface area (Å²) in [7, 11) is 1.71. The van der Waals surface area contributed by atoms with Gasteiger partial charge in [0.15, 0.2) is 0 Å². The van der Waals surface area contributed by atoms with Crippen molar-refractivity contribution in [3.05, 3.63) is 23.8 Å². The number of rotatable bonds is 6. The van der Waals surface area contributed by atoms with Gasteiger partial charge in [-0.15, -0.1) is 0 Å². The monoisotopic (exact) mass is 238 g/mol. The van der Waals surface area contributed by atoms with Gasteiger partial charge in [0.25, 0.3) is 0 Å². The molecule has 0 heterocycles. The third-order valence-electron chi connectivity index (χ3n) is 2.79. The van der Waals surface area contributed by atoms with E-state index in [1.165, 1.54) is 0 Å². The first-order valence-corrected chi connectivity index (χ1v) is 5.85. The van der Waals surface area contributed by atoms with Crippen LogP contribution in [-0.4, -0.2) is 36.3 Å². The SMILES string of the molecule is COCCN(Cc1ccc(O)c(N)c1)C(C)C. The molecule has 96 valence electrons. The summed E-state index contributed by atoms with van der Waals surface area (Å²) in [4.78, 5) is 2.30. The largest absolute Gasteiger partial charge is 0.506 e. The Hall–Kier alpha value is -1.26. The Balaban J connectivity index is 2.68. The van der Waals surface area contributed by atoms with E-state index in [1.54, 1.807) is 13.2 Å². The summed E-state index contributed by atoms with van der Waals surface area (Å²) in [5.74, 6) is 0.140. The molecule has 0 spiro atoms. The number of phenolic OH excluding ortho intramolecular Hbond substituents is 1. The van der Waals surface area contributed by atoms with Gasteiger partial charge in [0.05, 0.1) is 12.3 Å². The molecule has 17 heavy (non-hydrogen) atoms. The molecule has 0 atom stereocenters. The number of benzene rings is 1. The summed E-state index contributed by atoms with van der Waals surface area (Å²) in [5, 5.41) is 9.37. The van der Waals surface area contributed by atoms with E-state index in [2.05, 4.69) is 18.7 Å². The second-order valence-corrected chi connectivity index (χ2v) is 4.45. The van der Waals surface area contributed by atoms with E-state index in [0.717, 1.165) is 18.7 Å². The highest BCUT2D eigenvalue weighted by atomic mass is 16.5. The fourth-order valence-electron chi connectivity index (χ4n) is 1.67. The molecule has 0 fully saturated rings. The van der Waals surface area contributed by atoms with E-state index in [4.69, 9.17) is 10.5 Å². The second kappa shape index (κ2) is 6.47. The molecule has 1 aromatic rings. The number of hydrogen-bond donors (Lipinski definition) is 2. The lowest BCUT2D eigenvalue weighted by molar-refractivity contribution is 0.125. The number of methoxy groups -OCH3 is 1. The molecule has 4 nitrogen and oxygen atoms in total. The third kappa shape index (κ3) is 4.24. The molecule has 0 saturated heterocycles. The molecule has 0 saturated carbocycles. The molecule has 0 radical (unpaired) electrons. The Bertz CT molecular complexity index is 353. The number of ether oxygens (including phenoxy) is 1. The van der Waals surface area contributed by atoms with Gasteiger partial charge >= 0.3 is 0 Å². The number of nitrogens with zero attached hydrogens (tertiary/aromatic N) is 1. The average molecular weight is 238 g/mol. The zero-order valence-electron chi connectivity index (χ0n) is 10.8. The summed E-state index contributed by atoms with van der Waals surface area (Å²) >= 11 is 0. The molecule has 0 aliphatic heterocycles. The zero-order chi connectivity index (χ0) is 12.8. The third-order valence-corrected chi connectivity index (χ3v) is 2.79. The normalized spacial score (nSPS) is 11.4. The van der Waals surface area contributed by atoms with Crippen molar-refractivity contribution in [1.82, 2.24) is 4.90 Å². The van der Waals surface area contributed by atoms with Crippen LogP contribution < -0.4 is 5.73 Å². The van der Waals surface area contributed by atoms with E-state index in [-0.39, 0.29) is 5.75 Å². The predicted octanol–water partition coefficient (Wildman–Crippen LogP) is 1.83. The molecule has 4 heteroatoms. The van der Waals surface area contributed by atoms with Crippen LogP contribution in [0.1, 0.15) is 19.4 Å². The number of hydrogen-bond acceptors (Lipinski definition) is 4. The van der Waals surface area contributed by atoms with Gasteiger partial charge in [-0.3, -0.25) is 4.90 Å². The highest BCUT2D eigenvalue weighted by Gasteiger charge is 2.10.